The molecule has 2 aromatic rings. The lowest BCUT2D eigenvalue weighted by molar-refractivity contribution is -0.136. The molecule has 2 aliphatic rings. The number of hydrogen-bond donors (Lipinski definition) is 2. The second-order valence-electron chi connectivity index (χ2n) is 7.47. The Kier molecular flexibility index (Phi) is 5.72. The Morgan fingerprint density at radius 1 is 1.12 bits per heavy atom. The van der Waals surface area contributed by atoms with Crippen LogP contribution in [0.3, 0.4) is 0 Å². The Bertz CT molecular complexity index is 1090. The molecule has 2 aromatic carbocycles. The molecular formula is C23H23N3O6. The third-order valence-corrected chi connectivity index (χ3v) is 5.35. The quantitative estimate of drug-likeness (QED) is 0.673. The number of ether oxygens (including phenoxy) is 3. The minimum atomic E-state index is -0.630. The van der Waals surface area contributed by atoms with Crippen molar-refractivity contribution < 1.29 is 28.6 Å². The fourth-order valence-electron chi connectivity index (χ4n) is 3.71. The Hall–Kier alpha value is -4.01. The van der Waals surface area contributed by atoms with Gasteiger partial charge in [-0.3, -0.25) is 9.69 Å². The number of amides is 3. The van der Waals surface area contributed by atoms with Crippen LogP contribution < -0.4 is 20.1 Å². The molecule has 2 aliphatic heterocycles. The topological polar surface area (TPSA) is 106 Å². The number of benzene rings is 2. The van der Waals surface area contributed by atoms with E-state index in [1.165, 1.54) is 19.1 Å². The predicted molar refractivity (Wildman–Crippen MR) is 115 cm³/mol. The standard InChI is InChI=1S/C23H23N3O6/c1-13-4-6-14(7-5-13)21-20-18(12-32-22(20)28)26(23(29)25-21)11-19(27)24-15-8-16(30-2)10-17(9-15)31-3/h4-10,21H,11-12H2,1-3H3,(H,24,27)(H,25,29). The van der Waals surface area contributed by atoms with E-state index in [4.69, 9.17) is 14.2 Å². The van der Waals surface area contributed by atoms with E-state index in [9.17, 15) is 14.4 Å². The van der Waals surface area contributed by atoms with Crippen LogP contribution in [0.25, 0.3) is 0 Å². The predicted octanol–water partition coefficient (Wildman–Crippen LogP) is 2.53. The zero-order valence-electron chi connectivity index (χ0n) is 17.9. The summed E-state index contributed by atoms with van der Waals surface area (Å²) in [6, 6.07) is 11.4. The highest BCUT2D eigenvalue weighted by molar-refractivity contribution is 6.00. The molecule has 0 aromatic heterocycles. The van der Waals surface area contributed by atoms with Gasteiger partial charge in [0.2, 0.25) is 5.91 Å². The molecule has 1 unspecified atom stereocenters. The molecular weight excluding hydrogens is 414 g/mol. The zero-order valence-corrected chi connectivity index (χ0v) is 17.9. The van der Waals surface area contributed by atoms with Crippen LogP contribution in [-0.4, -0.2) is 50.2 Å². The van der Waals surface area contributed by atoms with Crippen LogP contribution in [0, 0.1) is 6.92 Å². The molecule has 2 N–H and O–H groups in total. The van der Waals surface area contributed by atoms with E-state index in [0.29, 0.717) is 28.5 Å². The van der Waals surface area contributed by atoms with Crippen LogP contribution in [0.5, 0.6) is 11.5 Å². The maximum absolute atomic E-state index is 12.9. The summed E-state index contributed by atoms with van der Waals surface area (Å²) in [6.07, 6.45) is 0. The molecule has 32 heavy (non-hydrogen) atoms. The van der Waals surface area contributed by atoms with E-state index in [0.717, 1.165) is 11.1 Å². The van der Waals surface area contributed by atoms with Gasteiger partial charge < -0.3 is 24.8 Å². The Morgan fingerprint density at radius 3 is 2.41 bits per heavy atom. The van der Waals surface area contributed by atoms with Crippen LogP contribution in [0.1, 0.15) is 17.2 Å². The van der Waals surface area contributed by atoms with Crippen LogP contribution in [-0.2, 0) is 14.3 Å². The molecule has 166 valence electrons. The van der Waals surface area contributed by atoms with Crippen molar-refractivity contribution in [1.29, 1.82) is 0 Å². The monoisotopic (exact) mass is 437 g/mol. The number of aryl methyl sites for hydroxylation is 1. The number of hydrogen-bond acceptors (Lipinski definition) is 6. The summed E-state index contributed by atoms with van der Waals surface area (Å²) >= 11 is 0. The summed E-state index contributed by atoms with van der Waals surface area (Å²) in [6.45, 7) is 1.60. The summed E-state index contributed by atoms with van der Waals surface area (Å²) in [5, 5.41) is 5.55. The van der Waals surface area contributed by atoms with Gasteiger partial charge in [-0.15, -0.1) is 0 Å². The number of methoxy groups -OCH3 is 2. The number of nitrogens with one attached hydrogen (secondary N) is 2. The highest BCUT2D eigenvalue weighted by Crippen LogP contribution is 2.35. The first kappa shape index (κ1) is 21.2. The van der Waals surface area contributed by atoms with Gasteiger partial charge in [-0.1, -0.05) is 29.8 Å². The van der Waals surface area contributed by atoms with Gasteiger partial charge in [0.1, 0.15) is 24.7 Å². The van der Waals surface area contributed by atoms with E-state index < -0.39 is 23.9 Å². The third kappa shape index (κ3) is 4.09. The number of carbonyl (C=O) groups is 3. The van der Waals surface area contributed by atoms with Crippen molar-refractivity contribution in [3.63, 3.8) is 0 Å². The largest absolute Gasteiger partial charge is 0.497 e. The minimum Gasteiger partial charge on any atom is -0.497 e. The normalized spacial score (nSPS) is 17.5. The van der Waals surface area contributed by atoms with E-state index in [2.05, 4.69) is 10.6 Å². The SMILES string of the molecule is COc1cc(NC(=O)CN2C(=O)NC(c3ccc(C)cc3)C3=C2COC3=O)cc(OC)c1. The minimum absolute atomic E-state index is 0.0653. The van der Waals surface area contributed by atoms with E-state index in [1.54, 1.807) is 18.2 Å². The highest BCUT2D eigenvalue weighted by atomic mass is 16.5. The van der Waals surface area contributed by atoms with Gasteiger partial charge in [-0.2, -0.15) is 0 Å². The number of carbonyl (C=O) groups excluding carboxylic acids is 3. The summed E-state index contributed by atoms with van der Waals surface area (Å²) < 4.78 is 15.6. The second-order valence-corrected chi connectivity index (χ2v) is 7.47. The molecule has 4 rings (SSSR count). The fourth-order valence-corrected chi connectivity index (χ4v) is 3.71. The first-order valence-corrected chi connectivity index (χ1v) is 9.97. The average Bonchev–Trinajstić information content (AvgIpc) is 3.17. The molecule has 0 aliphatic carbocycles. The maximum atomic E-state index is 12.9. The van der Waals surface area contributed by atoms with Gasteiger partial charge in [-0.25, -0.2) is 9.59 Å². The van der Waals surface area contributed by atoms with Crippen molar-refractivity contribution in [1.82, 2.24) is 10.2 Å². The summed E-state index contributed by atoms with van der Waals surface area (Å²) in [5.74, 6) is 0.0659. The Balaban J connectivity index is 1.57. The second kappa shape index (κ2) is 8.62. The number of esters is 1. The van der Waals surface area contributed by atoms with Gasteiger partial charge in [0.15, 0.2) is 0 Å². The molecule has 1 atom stereocenters. The average molecular weight is 437 g/mol. The lowest BCUT2D eigenvalue weighted by atomic mass is 9.95. The molecule has 0 fully saturated rings. The molecule has 0 radical (unpaired) electrons. The fraction of sp³-hybridized carbons (Fsp3) is 0.261. The van der Waals surface area contributed by atoms with E-state index in [1.807, 2.05) is 31.2 Å². The number of rotatable bonds is 6. The molecule has 3 amide bonds. The van der Waals surface area contributed by atoms with Gasteiger partial charge in [0, 0.05) is 23.9 Å². The van der Waals surface area contributed by atoms with E-state index >= 15 is 0 Å². The first-order chi connectivity index (χ1) is 15.4. The van der Waals surface area contributed by atoms with Crippen molar-refractivity contribution in [2.45, 2.75) is 13.0 Å². The molecule has 0 spiro atoms. The van der Waals surface area contributed by atoms with Crippen molar-refractivity contribution in [3.8, 4) is 11.5 Å². The zero-order chi connectivity index (χ0) is 22.8. The van der Waals surface area contributed by atoms with Gasteiger partial charge in [0.25, 0.3) is 0 Å². The summed E-state index contributed by atoms with van der Waals surface area (Å²) in [5.41, 5.74) is 3.01. The highest BCUT2D eigenvalue weighted by Gasteiger charge is 2.42. The lowest BCUT2D eigenvalue weighted by Crippen LogP contribution is -2.49. The van der Waals surface area contributed by atoms with Crippen LogP contribution in [0.15, 0.2) is 53.7 Å². The Labute approximate surface area is 184 Å². The van der Waals surface area contributed by atoms with Gasteiger partial charge in [0.05, 0.1) is 31.5 Å². The molecule has 0 saturated heterocycles. The molecule has 2 heterocycles. The number of cyclic esters (lactones) is 1. The van der Waals surface area contributed by atoms with E-state index in [-0.39, 0.29) is 13.2 Å². The molecule has 9 heteroatoms. The first-order valence-electron chi connectivity index (χ1n) is 9.97. The van der Waals surface area contributed by atoms with Crippen molar-refractivity contribution in [2.75, 3.05) is 32.7 Å². The van der Waals surface area contributed by atoms with Crippen LogP contribution in [0.2, 0.25) is 0 Å². The van der Waals surface area contributed by atoms with Crippen molar-refractivity contribution in [2.24, 2.45) is 0 Å². The van der Waals surface area contributed by atoms with Gasteiger partial charge >= 0.3 is 12.0 Å². The summed E-state index contributed by atoms with van der Waals surface area (Å²) in [7, 11) is 3.02. The number of nitrogens with zero attached hydrogens (tertiary/aromatic N) is 1. The molecule has 0 saturated carbocycles. The lowest BCUT2D eigenvalue weighted by Gasteiger charge is -2.32. The van der Waals surface area contributed by atoms with Gasteiger partial charge in [-0.05, 0) is 12.5 Å². The van der Waals surface area contributed by atoms with Crippen molar-refractivity contribution in [3.05, 3.63) is 64.9 Å². The van der Waals surface area contributed by atoms with Crippen LogP contribution in [0.4, 0.5) is 10.5 Å². The third-order valence-electron chi connectivity index (χ3n) is 5.35. The van der Waals surface area contributed by atoms with Crippen molar-refractivity contribution >= 4 is 23.6 Å². The smallest absolute Gasteiger partial charge is 0.338 e. The molecule has 0 bridgehead atoms. The van der Waals surface area contributed by atoms with Crippen LogP contribution >= 0.6 is 0 Å². The number of anilines is 1. The summed E-state index contributed by atoms with van der Waals surface area (Å²) in [4.78, 5) is 39.3. The maximum Gasteiger partial charge on any atom is 0.338 e. The number of urea groups is 1. The molecule has 9 nitrogen and oxygen atoms in total. The Morgan fingerprint density at radius 2 is 1.78 bits per heavy atom.